The van der Waals surface area contributed by atoms with E-state index in [1.165, 1.54) is 4.88 Å². The second-order valence-corrected chi connectivity index (χ2v) is 7.08. The fourth-order valence-corrected chi connectivity index (χ4v) is 3.40. The highest BCUT2D eigenvalue weighted by atomic mass is 32.1. The first-order valence-corrected chi connectivity index (χ1v) is 8.74. The Morgan fingerprint density at radius 3 is 3.09 bits per heavy atom. The molecular weight excluding hydrogens is 298 g/mol. The summed E-state index contributed by atoms with van der Waals surface area (Å²) in [6, 6.07) is 4.05. The fourth-order valence-electron chi connectivity index (χ4n) is 2.69. The molecule has 1 aromatic heterocycles. The molecule has 0 bridgehead atoms. The number of carbonyl (C=O) groups excluding carboxylic acids is 1. The topological polar surface area (TPSA) is 44.8 Å². The molecule has 6 heteroatoms. The van der Waals surface area contributed by atoms with Crippen LogP contribution in [0.1, 0.15) is 11.8 Å². The minimum atomic E-state index is -0.100. The molecule has 0 aromatic carbocycles. The van der Waals surface area contributed by atoms with Gasteiger partial charge in [0.05, 0.1) is 18.8 Å². The third kappa shape index (κ3) is 5.35. The number of morpholine rings is 1. The molecule has 0 aliphatic carbocycles. The van der Waals surface area contributed by atoms with Crippen molar-refractivity contribution in [3.05, 3.63) is 22.4 Å². The van der Waals surface area contributed by atoms with Crippen LogP contribution in [0.15, 0.2) is 17.5 Å². The van der Waals surface area contributed by atoms with Crippen molar-refractivity contribution >= 4 is 17.2 Å². The molecule has 0 radical (unpaired) electrons. The van der Waals surface area contributed by atoms with Crippen LogP contribution < -0.4 is 5.32 Å². The summed E-state index contributed by atoms with van der Waals surface area (Å²) in [7, 11) is 4.09. The van der Waals surface area contributed by atoms with Crippen LogP contribution in [0.4, 0.5) is 0 Å². The van der Waals surface area contributed by atoms with E-state index >= 15 is 0 Å². The van der Waals surface area contributed by atoms with Gasteiger partial charge in [0.1, 0.15) is 0 Å². The van der Waals surface area contributed by atoms with E-state index in [1.807, 2.05) is 27.1 Å². The average Bonchev–Trinajstić information content (AvgIpc) is 2.99. The standard InChI is InChI=1S/C16H27N3O2S/c1-13(16(20)17-7-6-15-5-4-10-22-15)19-8-9-21-14(12-19)11-18(2)3/h4-5,10,13-14H,6-9,11-12H2,1-3H3,(H,17,20)/t13-,14-/m1/s1. The Morgan fingerprint density at radius 1 is 1.59 bits per heavy atom. The third-order valence-corrected chi connectivity index (χ3v) is 4.85. The molecule has 22 heavy (non-hydrogen) atoms. The van der Waals surface area contributed by atoms with Gasteiger partial charge in [-0.2, -0.15) is 0 Å². The van der Waals surface area contributed by atoms with E-state index in [0.29, 0.717) is 13.2 Å². The van der Waals surface area contributed by atoms with Gasteiger partial charge in [0.25, 0.3) is 0 Å². The number of nitrogens with one attached hydrogen (secondary N) is 1. The second-order valence-electron chi connectivity index (χ2n) is 6.05. The van der Waals surface area contributed by atoms with Crippen molar-refractivity contribution in [3.63, 3.8) is 0 Å². The van der Waals surface area contributed by atoms with Crippen LogP contribution in [0.3, 0.4) is 0 Å². The normalized spacial score (nSPS) is 21.0. The van der Waals surface area contributed by atoms with E-state index in [1.54, 1.807) is 11.3 Å². The minimum Gasteiger partial charge on any atom is -0.374 e. The second kappa shape index (κ2) is 8.62. The van der Waals surface area contributed by atoms with Crippen molar-refractivity contribution in [2.24, 2.45) is 0 Å². The third-order valence-electron chi connectivity index (χ3n) is 3.92. The van der Waals surface area contributed by atoms with Crippen LogP contribution in [0.25, 0.3) is 0 Å². The Labute approximate surface area is 137 Å². The highest BCUT2D eigenvalue weighted by Crippen LogP contribution is 2.11. The molecule has 2 rings (SSSR count). The number of amides is 1. The molecule has 1 saturated heterocycles. The van der Waals surface area contributed by atoms with Gasteiger partial charge in [-0.1, -0.05) is 6.07 Å². The number of carbonyl (C=O) groups is 1. The monoisotopic (exact) mass is 325 g/mol. The SMILES string of the molecule is C[C@H](C(=O)NCCc1cccs1)N1CCO[C@H](CN(C)C)C1. The summed E-state index contributed by atoms with van der Waals surface area (Å²) in [5.74, 6) is 0.113. The van der Waals surface area contributed by atoms with Crippen LogP contribution in [0.5, 0.6) is 0 Å². The van der Waals surface area contributed by atoms with Gasteiger partial charge in [0.15, 0.2) is 0 Å². The molecule has 5 nitrogen and oxygen atoms in total. The summed E-state index contributed by atoms with van der Waals surface area (Å²) in [6.07, 6.45) is 1.09. The van der Waals surface area contributed by atoms with Crippen LogP contribution >= 0.6 is 11.3 Å². The Morgan fingerprint density at radius 2 is 2.41 bits per heavy atom. The number of likely N-dealkylation sites (N-methyl/N-ethyl adjacent to an activating group) is 1. The molecule has 124 valence electrons. The predicted molar refractivity (Wildman–Crippen MR) is 90.4 cm³/mol. The summed E-state index contributed by atoms with van der Waals surface area (Å²) >= 11 is 1.73. The maximum absolute atomic E-state index is 12.3. The maximum Gasteiger partial charge on any atom is 0.237 e. The van der Waals surface area contributed by atoms with E-state index < -0.39 is 0 Å². The Kier molecular flexibility index (Phi) is 6.82. The first kappa shape index (κ1) is 17.4. The van der Waals surface area contributed by atoms with E-state index in [0.717, 1.165) is 26.1 Å². The van der Waals surface area contributed by atoms with Crippen LogP contribution in [-0.4, -0.2) is 74.7 Å². The highest BCUT2D eigenvalue weighted by Gasteiger charge is 2.27. The van der Waals surface area contributed by atoms with Crippen molar-refractivity contribution in [3.8, 4) is 0 Å². The van der Waals surface area contributed by atoms with E-state index in [-0.39, 0.29) is 18.1 Å². The molecule has 0 saturated carbocycles. The van der Waals surface area contributed by atoms with Crippen molar-refractivity contribution < 1.29 is 9.53 Å². The lowest BCUT2D eigenvalue weighted by atomic mass is 10.2. The largest absolute Gasteiger partial charge is 0.374 e. The zero-order chi connectivity index (χ0) is 15.9. The van der Waals surface area contributed by atoms with E-state index in [2.05, 4.69) is 26.6 Å². The van der Waals surface area contributed by atoms with Gasteiger partial charge in [-0.3, -0.25) is 9.69 Å². The number of hydrogen-bond acceptors (Lipinski definition) is 5. The number of ether oxygens (including phenoxy) is 1. The van der Waals surface area contributed by atoms with Crippen molar-refractivity contribution in [2.45, 2.75) is 25.5 Å². The van der Waals surface area contributed by atoms with Crippen LogP contribution in [0.2, 0.25) is 0 Å². The summed E-state index contributed by atoms with van der Waals surface area (Å²) in [6.45, 7) is 5.92. The summed E-state index contributed by atoms with van der Waals surface area (Å²) < 4.78 is 5.77. The lowest BCUT2D eigenvalue weighted by Crippen LogP contribution is -2.54. The molecule has 0 unspecified atom stereocenters. The first-order chi connectivity index (χ1) is 10.6. The molecular formula is C16H27N3O2S. The number of hydrogen-bond donors (Lipinski definition) is 1. The average molecular weight is 325 g/mol. The molecule has 2 heterocycles. The lowest BCUT2D eigenvalue weighted by molar-refractivity contribution is -0.129. The lowest BCUT2D eigenvalue weighted by Gasteiger charge is -2.37. The zero-order valence-corrected chi connectivity index (χ0v) is 14.6. The zero-order valence-electron chi connectivity index (χ0n) is 13.7. The number of rotatable bonds is 7. The summed E-state index contributed by atoms with van der Waals surface area (Å²) in [5.41, 5.74) is 0. The quantitative estimate of drug-likeness (QED) is 0.814. The molecule has 2 atom stereocenters. The van der Waals surface area contributed by atoms with Gasteiger partial charge in [0.2, 0.25) is 5.91 Å². The summed E-state index contributed by atoms with van der Waals surface area (Å²) in [5, 5.41) is 5.12. The maximum atomic E-state index is 12.3. The fraction of sp³-hybridized carbons (Fsp3) is 0.688. The predicted octanol–water partition coefficient (Wildman–Crippen LogP) is 1.06. The van der Waals surface area contributed by atoms with Gasteiger partial charge in [-0.25, -0.2) is 0 Å². The Balaban J connectivity index is 1.74. The number of thiophene rings is 1. The van der Waals surface area contributed by atoms with Gasteiger partial charge in [-0.15, -0.1) is 11.3 Å². The molecule has 0 spiro atoms. The van der Waals surface area contributed by atoms with Gasteiger partial charge in [0, 0.05) is 31.1 Å². The van der Waals surface area contributed by atoms with Crippen LogP contribution in [-0.2, 0) is 16.0 Å². The molecule has 1 aromatic rings. The molecule has 1 aliphatic heterocycles. The van der Waals surface area contributed by atoms with Gasteiger partial charge in [-0.05, 0) is 38.9 Å². The molecule has 1 amide bonds. The van der Waals surface area contributed by atoms with Gasteiger partial charge < -0.3 is 15.0 Å². The minimum absolute atomic E-state index is 0.100. The Hall–Kier alpha value is -0.950. The highest BCUT2D eigenvalue weighted by molar-refractivity contribution is 7.09. The first-order valence-electron chi connectivity index (χ1n) is 7.86. The summed E-state index contributed by atoms with van der Waals surface area (Å²) in [4.78, 5) is 18.0. The van der Waals surface area contributed by atoms with E-state index in [4.69, 9.17) is 4.74 Å². The number of nitrogens with zero attached hydrogens (tertiary/aromatic N) is 2. The van der Waals surface area contributed by atoms with Gasteiger partial charge >= 0.3 is 0 Å². The smallest absolute Gasteiger partial charge is 0.237 e. The van der Waals surface area contributed by atoms with E-state index in [9.17, 15) is 4.79 Å². The Bertz CT molecular complexity index is 450. The van der Waals surface area contributed by atoms with Crippen molar-refractivity contribution in [1.29, 1.82) is 0 Å². The van der Waals surface area contributed by atoms with Crippen molar-refractivity contribution in [1.82, 2.24) is 15.1 Å². The molecule has 1 fully saturated rings. The molecule has 1 N–H and O–H groups in total. The van der Waals surface area contributed by atoms with Crippen molar-refractivity contribution in [2.75, 3.05) is 46.9 Å². The van der Waals surface area contributed by atoms with Crippen LogP contribution in [0, 0.1) is 0 Å². The molecule has 1 aliphatic rings.